The van der Waals surface area contributed by atoms with Gasteiger partial charge in [-0.15, -0.1) is 0 Å². The fourth-order valence-electron chi connectivity index (χ4n) is 2.73. The third kappa shape index (κ3) is 5.92. The first kappa shape index (κ1) is 17.8. The highest BCUT2D eigenvalue weighted by Crippen LogP contribution is 2.23. The van der Waals surface area contributed by atoms with Crippen LogP contribution in [0.5, 0.6) is 0 Å². The number of carboxylic acid groups (broad SMARTS) is 1. The standard InChI is InChI=1S/C17H30N2O2/c1-4-6-8-9-12-19(14-16(3)17(20)21)13-11-18(15-19)10-7-5-2/h11,13-14H,4-10,12,15H2,1-3H3/p+1. The van der Waals surface area contributed by atoms with Gasteiger partial charge in [0.25, 0.3) is 0 Å². The molecule has 0 saturated heterocycles. The molecule has 120 valence electrons. The number of carbonyl (C=O) groups is 1. The lowest BCUT2D eigenvalue weighted by Crippen LogP contribution is -2.41. The summed E-state index contributed by atoms with van der Waals surface area (Å²) in [6.07, 6.45) is 13.4. The molecule has 1 atom stereocenters. The first-order chi connectivity index (χ1) is 10.0. The monoisotopic (exact) mass is 295 g/mol. The summed E-state index contributed by atoms with van der Waals surface area (Å²) in [4.78, 5) is 13.5. The average molecular weight is 295 g/mol. The van der Waals surface area contributed by atoms with Gasteiger partial charge in [0, 0.05) is 6.54 Å². The zero-order chi connectivity index (χ0) is 15.7. The lowest BCUT2D eigenvalue weighted by atomic mass is 10.2. The van der Waals surface area contributed by atoms with E-state index >= 15 is 0 Å². The summed E-state index contributed by atoms with van der Waals surface area (Å²) in [6, 6.07) is 0. The van der Waals surface area contributed by atoms with Crippen LogP contribution in [0.3, 0.4) is 0 Å². The summed E-state index contributed by atoms with van der Waals surface area (Å²) in [7, 11) is 0. The highest BCUT2D eigenvalue weighted by Gasteiger charge is 2.30. The second kappa shape index (κ2) is 8.88. The molecule has 0 amide bonds. The van der Waals surface area contributed by atoms with Crippen LogP contribution in [-0.4, -0.2) is 40.2 Å². The van der Waals surface area contributed by atoms with Crippen molar-refractivity contribution in [2.45, 2.75) is 59.3 Å². The van der Waals surface area contributed by atoms with Crippen LogP contribution in [0, 0.1) is 0 Å². The molecule has 0 bridgehead atoms. The van der Waals surface area contributed by atoms with Gasteiger partial charge in [0.15, 0.2) is 6.67 Å². The Bertz CT molecular complexity index is 390. The molecule has 1 heterocycles. The maximum Gasteiger partial charge on any atom is 0.336 e. The topological polar surface area (TPSA) is 40.5 Å². The fraction of sp³-hybridized carbons (Fsp3) is 0.706. The maximum absolute atomic E-state index is 11.1. The van der Waals surface area contributed by atoms with E-state index in [0.717, 1.165) is 26.2 Å². The Morgan fingerprint density at radius 3 is 2.57 bits per heavy atom. The van der Waals surface area contributed by atoms with Crippen molar-refractivity contribution in [1.82, 2.24) is 4.90 Å². The summed E-state index contributed by atoms with van der Waals surface area (Å²) in [5.41, 5.74) is 0.437. The zero-order valence-electron chi connectivity index (χ0n) is 13.8. The predicted molar refractivity (Wildman–Crippen MR) is 86.3 cm³/mol. The van der Waals surface area contributed by atoms with Gasteiger partial charge in [-0.3, -0.25) is 4.48 Å². The van der Waals surface area contributed by atoms with Crippen LogP contribution in [-0.2, 0) is 4.79 Å². The molecule has 4 nitrogen and oxygen atoms in total. The number of hydrogen-bond donors (Lipinski definition) is 1. The van der Waals surface area contributed by atoms with E-state index in [0.29, 0.717) is 10.1 Å². The van der Waals surface area contributed by atoms with Gasteiger partial charge in [0.2, 0.25) is 0 Å². The normalized spacial score (nSPS) is 22.0. The van der Waals surface area contributed by atoms with Crippen molar-refractivity contribution in [3.05, 3.63) is 24.2 Å². The van der Waals surface area contributed by atoms with Crippen molar-refractivity contribution < 1.29 is 14.4 Å². The van der Waals surface area contributed by atoms with Crippen molar-refractivity contribution >= 4 is 5.97 Å². The lowest BCUT2D eigenvalue weighted by molar-refractivity contribution is -0.830. The zero-order valence-corrected chi connectivity index (χ0v) is 13.8. The number of unbranched alkanes of at least 4 members (excludes halogenated alkanes) is 4. The van der Waals surface area contributed by atoms with E-state index in [9.17, 15) is 4.79 Å². The molecular weight excluding hydrogens is 264 g/mol. The average Bonchev–Trinajstić information content (AvgIpc) is 2.85. The van der Waals surface area contributed by atoms with Crippen LogP contribution >= 0.6 is 0 Å². The minimum absolute atomic E-state index is 0.437. The Kier molecular flexibility index (Phi) is 7.51. The summed E-state index contributed by atoms with van der Waals surface area (Å²) in [6.45, 7) is 9.02. The molecule has 21 heavy (non-hydrogen) atoms. The molecule has 4 heteroatoms. The summed E-state index contributed by atoms with van der Waals surface area (Å²) in [5.74, 6) is -0.818. The molecule has 0 spiro atoms. The van der Waals surface area contributed by atoms with Crippen LogP contribution in [0.1, 0.15) is 59.3 Å². The van der Waals surface area contributed by atoms with Crippen molar-refractivity contribution in [2.24, 2.45) is 0 Å². The minimum Gasteiger partial charge on any atom is -0.478 e. The fourth-order valence-corrected chi connectivity index (χ4v) is 2.73. The van der Waals surface area contributed by atoms with Crippen molar-refractivity contribution in [3.8, 4) is 0 Å². The number of quaternary nitrogens is 1. The maximum atomic E-state index is 11.1. The smallest absolute Gasteiger partial charge is 0.336 e. The number of nitrogens with zero attached hydrogens (tertiary/aromatic N) is 2. The molecule has 1 N–H and O–H groups in total. The van der Waals surface area contributed by atoms with Gasteiger partial charge >= 0.3 is 5.97 Å². The first-order valence-corrected chi connectivity index (χ1v) is 8.25. The van der Waals surface area contributed by atoms with E-state index in [1.807, 2.05) is 6.20 Å². The third-order valence-corrected chi connectivity index (χ3v) is 4.03. The molecule has 1 unspecified atom stereocenters. The van der Waals surface area contributed by atoms with Gasteiger partial charge in [-0.25, -0.2) is 4.79 Å². The molecule has 0 aromatic heterocycles. The molecule has 1 aliphatic heterocycles. The minimum atomic E-state index is -0.818. The van der Waals surface area contributed by atoms with E-state index in [2.05, 4.69) is 31.1 Å². The largest absolute Gasteiger partial charge is 0.478 e. The third-order valence-electron chi connectivity index (χ3n) is 4.03. The molecule has 1 aliphatic rings. The second-order valence-electron chi connectivity index (χ2n) is 6.11. The Hall–Kier alpha value is -1.29. The Morgan fingerprint density at radius 1 is 1.24 bits per heavy atom. The Morgan fingerprint density at radius 2 is 1.95 bits per heavy atom. The van der Waals surface area contributed by atoms with E-state index in [4.69, 9.17) is 5.11 Å². The quantitative estimate of drug-likeness (QED) is 0.377. The van der Waals surface area contributed by atoms with Gasteiger partial charge in [-0.1, -0.05) is 33.1 Å². The molecule has 0 fully saturated rings. The lowest BCUT2D eigenvalue weighted by Gasteiger charge is -2.30. The van der Waals surface area contributed by atoms with Crippen LogP contribution in [0.25, 0.3) is 0 Å². The number of carboxylic acids is 1. The summed E-state index contributed by atoms with van der Waals surface area (Å²) < 4.78 is 0.658. The predicted octanol–water partition coefficient (Wildman–Crippen LogP) is 3.92. The van der Waals surface area contributed by atoms with Crippen LogP contribution < -0.4 is 0 Å². The highest BCUT2D eigenvalue weighted by atomic mass is 16.4. The van der Waals surface area contributed by atoms with E-state index in [1.165, 1.54) is 32.1 Å². The van der Waals surface area contributed by atoms with Gasteiger partial charge in [-0.05, 0) is 26.2 Å². The summed E-state index contributed by atoms with van der Waals surface area (Å²) in [5, 5.41) is 9.16. The highest BCUT2D eigenvalue weighted by molar-refractivity contribution is 5.85. The van der Waals surface area contributed by atoms with Crippen molar-refractivity contribution in [1.29, 1.82) is 0 Å². The van der Waals surface area contributed by atoms with E-state index < -0.39 is 5.97 Å². The second-order valence-corrected chi connectivity index (χ2v) is 6.11. The number of rotatable bonds is 10. The first-order valence-electron chi connectivity index (χ1n) is 8.25. The molecule has 1 rings (SSSR count). The van der Waals surface area contributed by atoms with Crippen LogP contribution in [0.2, 0.25) is 0 Å². The molecule has 0 aromatic carbocycles. The molecule has 0 aromatic rings. The molecule has 0 saturated carbocycles. The van der Waals surface area contributed by atoms with Crippen LogP contribution in [0.15, 0.2) is 24.2 Å². The Labute approximate surface area is 129 Å². The molecule has 0 radical (unpaired) electrons. The van der Waals surface area contributed by atoms with Crippen molar-refractivity contribution in [3.63, 3.8) is 0 Å². The summed E-state index contributed by atoms with van der Waals surface area (Å²) >= 11 is 0. The van der Waals surface area contributed by atoms with E-state index in [-0.39, 0.29) is 0 Å². The van der Waals surface area contributed by atoms with Gasteiger partial charge in [0.05, 0.1) is 18.3 Å². The molecule has 0 aliphatic carbocycles. The van der Waals surface area contributed by atoms with E-state index in [1.54, 1.807) is 6.92 Å². The molecular formula is C17H31N2O2+. The number of hydrogen-bond acceptors (Lipinski definition) is 2. The van der Waals surface area contributed by atoms with Crippen molar-refractivity contribution in [2.75, 3.05) is 19.8 Å². The SMILES string of the molecule is CCCCCC[N+]1(C=C(C)C(=O)O)C=CN(CCCC)C1. The number of aliphatic carboxylic acids is 1. The van der Waals surface area contributed by atoms with Gasteiger partial charge < -0.3 is 10.0 Å². The van der Waals surface area contributed by atoms with Gasteiger partial charge in [-0.2, -0.15) is 0 Å². The Balaban J connectivity index is 2.70. The van der Waals surface area contributed by atoms with Crippen LogP contribution in [0.4, 0.5) is 0 Å². The van der Waals surface area contributed by atoms with Gasteiger partial charge in [0.1, 0.15) is 12.4 Å².